The number of fused-ring (bicyclic) bond motifs is 1. The van der Waals surface area contributed by atoms with Crippen molar-refractivity contribution in [2.75, 3.05) is 20.1 Å². The summed E-state index contributed by atoms with van der Waals surface area (Å²) < 4.78 is 10.7. The average molecular weight is 263 g/mol. The molecule has 0 bridgehead atoms. The van der Waals surface area contributed by atoms with Crippen LogP contribution in [0.5, 0.6) is 5.75 Å². The number of carbonyl (C=O) groups excluding carboxylic acids is 1. The zero-order valence-corrected chi connectivity index (χ0v) is 10.8. The van der Waals surface area contributed by atoms with Crippen molar-refractivity contribution in [3.8, 4) is 5.75 Å². The van der Waals surface area contributed by atoms with Crippen molar-refractivity contribution in [3.63, 3.8) is 0 Å². The molecule has 1 aromatic carbocycles. The number of aliphatic hydroxyl groups excluding tert-OH is 1. The Morgan fingerprint density at radius 3 is 2.84 bits per heavy atom. The van der Waals surface area contributed by atoms with E-state index in [1.54, 1.807) is 18.2 Å². The summed E-state index contributed by atoms with van der Waals surface area (Å²) in [4.78, 5) is 14.0. The van der Waals surface area contributed by atoms with Crippen LogP contribution in [0.4, 0.5) is 0 Å². The largest absolute Gasteiger partial charge is 0.489 e. The molecule has 1 fully saturated rings. The van der Waals surface area contributed by atoms with Crippen LogP contribution in [0, 0.1) is 0 Å². The first kappa shape index (κ1) is 12.4. The number of nitrogens with zero attached hydrogens (tertiary/aromatic N) is 1. The summed E-state index contributed by atoms with van der Waals surface area (Å²) in [5, 5.41) is 9.61. The summed E-state index contributed by atoms with van der Waals surface area (Å²) in [5.74, 6) is 0.0135. The third kappa shape index (κ3) is 2.31. The fourth-order valence-corrected chi connectivity index (χ4v) is 2.58. The highest BCUT2D eigenvalue weighted by molar-refractivity contribution is 5.96. The van der Waals surface area contributed by atoms with E-state index in [9.17, 15) is 9.90 Å². The number of hydrogen-bond donors (Lipinski definition) is 1. The minimum Gasteiger partial charge on any atom is -0.489 e. The van der Waals surface area contributed by atoms with Gasteiger partial charge < -0.3 is 19.5 Å². The molecule has 1 N–H and O–H groups in total. The zero-order valence-electron chi connectivity index (χ0n) is 10.8. The van der Waals surface area contributed by atoms with Gasteiger partial charge in [0.1, 0.15) is 17.4 Å². The van der Waals surface area contributed by atoms with E-state index in [0.717, 1.165) is 25.9 Å². The Bertz CT molecular complexity index is 494. The van der Waals surface area contributed by atoms with Crippen LogP contribution in [0.25, 0.3) is 0 Å². The molecular formula is C14H17NO4. The van der Waals surface area contributed by atoms with Gasteiger partial charge in [-0.2, -0.15) is 0 Å². The van der Waals surface area contributed by atoms with Gasteiger partial charge in [0.15, 0.2) is 0 Å². The molecule has 0 radical (unpaired) electrons. The van der Waals surface area contributed by atoms with Gasteiger partial charge in [0.05, 0.1) is 0 Å². The molecule has 19 heavy (non-hydrogen) atoms. The Labute approximate surface area is 111 Å². The van der Waals surface area contributed by atoms with Gasteiger partial charge in [-0.25, -0.2) is 4.79 Å². The molecule has 0 amide bonds. The first-order chi connectivity index (χ1) is 9.15. The van der Waals surface area contributed by atoms with E-state index >= 15 is 0 Å². The van der Waals surface area contributed by atoms with E-state index < -0.39 is 12.3 Å². The summed E-state index contributed by atoms with van der Waals surface area (Å²) in [6.07, 6.45) is 0.840. The van der Waals surface area contributed by atoms with Gasteiger partial charge in [-0.15, -0.1) is 0 Å². The minimum atomic E-state index is -1.16. The monoisotopic (exact) mass is 263 g/mol. The smallest absolute Gasteiger partial charge is 0.345 e. The van der Waals surface area contributed by atoms with Crippen LogP contribution in [0.15, 0.2) is 18.2 Å². The molecule has 1 aromatic rings. The number of aliphatic hydroxyl groups is 1. The van der Waals surface area contributed by atoms with Crippen LogP contribution in [0.3, 0.4) is 0 Å². The molecule has 1 unspecified atom stereocenters. The molecule has 0 spiro atoms. The Morgan fingerprint density at radius 2 is 2.11 bits per heavy atom. The number of benzene rings is 1. The molecule has 2 aliphatic rings. The third-order valence-electron chi connectivity index (χ3n) is 3.71. The molecule has 0 saturated carbocycles. The van der Waals surface area contributed by atoms with Crippen LogP contribution in [-0.4, -0.2) is 42.2 Å². The van der Waals surface area contributed by atoms with Gasteiger partial charge in [-0.3, -0.25) is 0 Å². The van der Waals surface area contributed by atoms with Crippen LogP contribution >= 0.6 is 0 Å². The fourth-order valence-electron chi connectivity index (χ4n) is 2.58. The lowest BCUT2D eigenvalue weighted by Gasteiger charge is -2.29. The highest BCUT2D eigenvalue weighted by Gasteiger charge is 2.33. The Hall–Kier alpha value is -1.59. The average Bonchev–Trinajstić information content (AvgIpc) is 2.69. The first-order valence-corrected chi connectivity index (χ1v) is 6.52. The van der Waals surface area contributed by atoms with Crippen molar-refractivity contribution in [1.29, 1.82) is 0 Å². The number of carbonyl (C=O) groups is 1. The van der Waals surface area contributed by atoms with E-state index in [1.807, 2.05) is 0 Å². The van der Waals surface area contributed by atoms with E-state index in [-0.39, 0.29) is 6.10 Å². The number of hydrogen-bond acceptors (Lipinski definition) is 5. The molecule has 2 heterocycles. The predicted molar refractivity (Wildman–Crippen MR) is 68.0 cm³/mol. The van der Waals surface area contributed by atoms with Crippen molar-refractivity contribution in [3.05, 3.63) is 29.3 Å². The normalized spacial score (nSPS) is 24.1. The zero-order chi connectivity index (χ0) is 13.4. The quantitative estimate of drug-likeness (QED) is 0.815. The van der Waals surface area contributed by atoms with E-state index in [1.165, 1.54) is 0 Å². The second-order valence-electron chi connectivity index (χ2n) is 5.10. The number of piperidine rings is 1. The van der Waals surface area contributed by atoms with Gasteiger partial charge in [-0.1, -0.05) is 12.1 Å². The van der Waals surface area contributed by atoms with Crippen molar-refractivity contribution in [2.45, 2.75) is 25.2 Å². The van der Waals surface area contributed by atoms with E-state index in [0.29, 0.717) is 16.9 Å². The summed E-state index contributed by atoms with van der Waals surface area (Å²) in [5.41, 5.74) is 0.865. The Kier molecular flexibility index (Phi) is 3.16. The van der Waals surface area contributed by atoms with Crippen LogP contribution in [-0.2, 0) is 4.74 Å². The summed E-state index contributed by atoms with van der Waals surface area (Å²) in [6.45, 7) is 1.99. The second-order valence-corrected chi connectivity index (χ2v) is 5.10. The summed E-state index contributed by atoms with van der Waals surface area (Å²) in [7, 11) is 2.09. The SMILES string of the molecule is CN1CCC(Oc2cccc3c2C(=O)OC3O)CC1. The lowest BCUT2D eigenvalue weighted by Crippen LogP contribution is -2.35. The minimum absolute atomic E-state index is 0.119. The van der Waals surface area contributed by atoms with Gasteiger partial charge >= 0.3 is 5.97 Å². The van der Waals surface area contributed by atoms with Crippen molar-refractivity contribution in [2.24, 2.45) is 0 Å². The highest BCUT2D eigenvalue weighted by Crippen LogP contribution is 2.35. The van der Waals surface area contributed by atoms with Crippen molar-refractivity contribution in [1.82, 2.24) is 4.90 Å². The summed E-state index contributed by atoms with van der Waals surface area (Å²) in [6, 6.07) is 5.22. The number of ether oxygens (including phenoxy) is 2. The number of esters is 1. The summed E-state index contributed by atoms with van der Waals surface area (Å²) >= 11 is 0. The number of likely N-dealkylation sites (tertiary alicyclic amines) is 1. The van der Waals surface area contributed by atoms with Gasteiger partial charge in [0.2, 0.25) is 6.29 Å². The third-order valence-corrected chi connectivity index (χ3v) is 3.71. The maximum atomic E-state index is 11.7. The molecule has 0 aliphatic carbocycles. The van der Waals surface area contributed by atoms with Gasteiger partial charge in [0.25, 0.3) is 0 Å². The number of cyclic esters (lactones) is 1. The van der Waals surface area contributed by atoms with Crippen LogP contribution in [0.2, 0.25) is 0 Å². The molecule has 0 aromatic heterocycles. The van der Waals surface area contributed by atoms with Crippen LogP contribution < -0.4 is 4.74 Å². The molecule has 3 rings (SSSR count). The maximum Gasteiger partial charge on any atom is 0.345 e. The lowest BCUT2D eigenvalue weighted by molar-refractivity contribution is -0.0547. The van der Waals surface area contributed by atoms with E-state index in [4.69, 9.17) is 9.47 Å². The Balaban J connectivity index is 1.81. The van der Waals surface area contributed by atoms with E-state index in [2.05, 4.69) is 11.9 Å². The molecular weight excluding hydrogens is 246 g/mol. The molecule has 1 atom stereocenters. The topological polar surface area (TPSA) is 59.0 Å². The molecule has 5 heteroatoms. The molecule has 5 nitrogen and oxygen atoms in total. The molecule has 2 aliphatic heterocycles. The number of rotatable bonds is 2. The standard InChI is InChI=1S/C14H17NO4/c1-15-7-5-9(6-8-15)18-11-4-2-3-10-12(11)14(17)19-13(10)16/h2-4,9,13,16H,5-8H2,1H3. The maximum absolute atomic E-state index is 11.7. The van der Waals surface area contributed by atoms with Crippen LogP contribution in [0.1, 0.15) is 35.1 Å². The van der Waals surface area contributed by atoms with Gasteiger partial charge in [0, 0.05) is 18.7 Å². The van der Waals surface area contributed by atoms with Gasteiger partial charge in [-0.05, 0) is 26.0 Å². The highest BCUT2D eigenvalue weighted by atomic mass is 16.6. The molecule has 1 saturated heterocycles. The molecule has 102 valence electrons. The Morgan fingerprint density at radius 1 is 1.37 bits per heavy atom. The second kappa shape index (κ2) is 4.83. The lowest BCUT2D eigenvalue weighted by atomic mass is 10.1. The van der Waals surface area contributed by atoms with Crippen molar-refractivity contribution >= 4 is 5.97 Å². The predicted octanol–water partition coefficient (Wildman–Crippen LogP) is 1.32. The fraction of sp³-hybridized carbons (Fsp3) is 0.500. The van der Waals surface area contributed by atoms with Crippen molar-refractivity contribution < 1.29 is 19.4 Å². The first-order valence-electron chi connectivity index (χ1n) is 6.52.